The lowest BCUT2D eigenvalue weighted by Crippen LogP contribution is -2.39. The summed E-state index contributed by atoms with van der Waals surface area (Å²) in [5.41, 5.74) is 0. The van der Waals surface area contributed by atoms with Gasteiger partial charge in [-0.05, 0) is 51.4 Å². The molecule has 1 aromatic rings. The van der Waals surface area contributed by atoms with Crippen molar-refractivity contribution in [2.45, 2.75) is 50.7 Å². The molecule has 10 heteroatoms. The van der Waals surface area contributed by atoms with Crippen LogP contribution in [0.25, 0.3) is 0 Å². The highest BCUT2D eigenvalue weighted by Crippen LogP contribution is 2.25. The van der Waals surface area contributed by atoms with Crippen LogP contribution in [0.15, 0.2) is 21.3 Å². The van der Waals surface area contributed by atoms with Crippen LogP contribution in [-0.4, -0.2) is 75.9 Å². The topological polar surface area (TPSA) is 77.0 Å². The van der Waals surface area contributed by atoms with Crippen LogP contribution in [0, 0.1) is 0 Å². The van der Waals surface area contributed by atoms with Crippen LogP contribution in [-0.2, 0) is 16.4 Å². The van der Waals surface area contributed by atoms with Gasteiger partial charge in [-0.2, -0.15) is 4.31 Å². The summed E-state index contributed by atoms with van der Waals surface area (Å²) in [5.74, 6) is 0.831. The fourth-order valence-corrected chi connectivity index (χ4v) is 6.42. The third-order valence-corrected chi connectivity index (χ3v) is 8.74. The van der Waals surface area contributed by atoms with Gasteiger partial charge < -0.3 is 15.5 Å². The van der Waals surface area contributed by atoms with E-state index in [9.17, 15) is 8.42 Å². The van der Waals surface area contributed by atoms with Crippen LogP contribution in [0.2, 0.25) is 0 Å². The van der Waals surface area contributed by atoms with Crippen LogP contribution in [0.1, 0.15) is 44.9 Å². The van der Waals surface area contributed by atoms with Gasteiger partial charge in [0.25, 0.3) is 10.0 Å². The van der Waals surface area contributed by atoms with Gasteiger partial charge in [0.2, 0.25) is 0 Å². The van der Waals surface area contributed by atoms with Crippen molar-refractivity contribution in [3.05, 3.63) is 17.0 Å². The molecule has 0 bridgehead atoms. The van der Waals surface area contributed by atoms with E-state index in [0.29, 0.717) is 17.3 Å². The molecule has 0 atom stereocenters. The molecule has 30 heavy (non-hydrogen) atoms. The van der Waals surface area contributed by atoms with E-state index in [2.05, 4.69) is 27.4 Å². The Bertz CT molecular complexity index is 729. The zero-order valence-corrected chi connectivity index (χ0v) is 22.5. The highest BCUT2D eigenvalue weighted by molar-refractivity contribution is 14.0. The summed E-state index contributed by atoms with van der Waals surface area (Å²) in [4.78, 5) is 8.23. The van der Waals surface area contributed by atoms with Gasteiger partial charge in [0, 0.05) is 37.6 Å². The first-order valence-electron chi connectivity index (χ1n) is 10.8. The highest BCUT2D eigenvalue weighted by atomic mass is 127. The van der Waals surface area contributed by atoms with Gasteiger partial charge in [-0.3, -0.25) is 4.99 Å². The lowest BCUT2D eigenvalue weighted by molar-refractivity contribution is 0.235. The first-order chi connectivity index (χ1) is 14.0. The Morgan fingerprint density at radius 3 is 2.47 bits per heavy atom. The van der Waals surface area contributed by atoms with Crippen molar-refractivity contribution < 1.29 is 8.42 Å². The molecule has 1 aliphatic rings. The first kappa shape index (κ1) is 27.6. The molecule has 0 spiro atoms. The third kappa shape index (κ3) is 8.60. The Hall–Kier alpha value is -0.430. The van der Waals surface area contributed by atoms with Gasteiger partial charge >= 0.3 is 0 Å². The largest absolute Gasteiger partial charge is 0.357 e. The summed E-state index contributed by atoms with van der Waals surface area (Å²) in [7, 11) is -3.36. The van der Waals surface area contributed by atoms with Crippen molar-refractivity contribution in [2.24, 2.45) is 4.99 Å². The predicted octanol–water partition coefficient (Wildman–Crippen LogP) is 2.98. The number of hydrogen-bond acceptors (Lipinski definition) is 5. The molecule has 0 unspecified atom stereocenters. The third-order valence-electron chi connectivity index (χ3n) is 5.08. The standard InChI is InChI=1S/C20H37N5O2S2.HI/c1-4-21-20(23-14-17-24-15-8-7-9-16-24)22-13-12-18-10-11-19(28-18)29(26,27)25(5-2)6-3;/h10-11H,4-9,12-17H2,1-3H3,(H2,21,22,23);1H. The molecule has 7 nitrogen and oxygen atoms in total. The number of guanidine groups is 1. The summed E-state index contributed by atoms with van der Waals surface area (Å²) in [6.07, 6.45) is 4.73. The first-order valence-corrected chi connectivity index (χ1v) is 13.1. The highest BCUT2D eigenvalue weighted by Gasteiger charge is 2.23. The second kappa shape index (κ2) is 14.6. The minimum Gasteiger partial charge on any atom is -0.357 e. The van der Waals surface area contributed by atoms with Gasteiger partial charge in [-0.1, -0.05) is 20.3 Å². The summed E-state index contributed by atoms with van der Waals surface area (Å²) in [6, 6.07) is 3.65. The molecule has 0 aliphatic carbocycles. The van der Waals surface area contributed by atoms with E-state index in [1.165, 1.54) is 48.0 Å². The summed E-state index contributed by atoms with van der Waals surface area (Å²) < 4.78 is 27.2. The second-order valence-electron chi connectivity index (χ2n) is 7.15. The Morgan fingerprint density at radius 2 is 1.83 bits per heavy atom. The number of thiophene rings is 1. The molecule has 0 amide bonds. The maximum atomic E-state index is 12.6. The van der Waals surface area contributed by atoms with E-state index in [4.69, 9.17) is 0 Å². The minimum absolute atomic E-state index is 0. The van der Waals surface area contributed by atoms with E-state index in [-0.39, 0.29) is 24.0 Å². The molecule has 1 saturated heterocycles. The molecule has 0 saturated carbocycles. The molecule has 1 aliphatic heterocycles. The Labute approximate surface area is 203 Å². The van der Waals surface area contributed by atoms with E-state index in [1.54, 1.807) is 6.07 Å². The molecule has 174 valence electrons. The number of aliphatic imine (C=N–C) groups is 1. The normalized spacial score (nSPS) is 15.8. The minimum atomic E-state index is -3.36. The summed E-state index contributed by atoms with van der Waals surface area (Å²) >= 11 is 1.36. The monoisotopic (exact) mass is 571 g/mol. The number of hydrogen-bond donors (Lipinski definition) is 2. The maximum Gasteiger partial charge on any atom is 0.252 e. The second-order valence-corrected chi connectivity index (χ2v) is 10.5. The molecule has 2 rings (SSSR count). The summed E-state index contributed by atoms with van der Waals surface area (Å²) in [5, 5.41) is 6.65. The Kier molecular flexibility index (Phi) is 13.4. The van der Waals surface area contributed by atoms with E-state index < -0.39 is 10.0 Å². The van der Waals surface area contributed by atoms with Crippen molar-refractivity contribution in [3.8, 4) is 0 Å². The van der Waals surface area contributed by atoms with Crippen LogP contribution in [0.3, 0.4) is 0 Å². The van der Waals surface area contributed by atoms with E-state index in [1.807, 2.05) is 19.9 Å². The number of nitrogens with one attached hydrogen (secondary N) is 2. The molecule has 2 heterocycles. The number of likely N-dealkylation sites (tertiary alicyclic amines) is 1. The quantitative estimate of drug-likeness (QED) is 0.243. The smallest absolute Gasteiger partial charge is 0.252 e. The molecular formula is C20H38IN5O2S2. The molecule has 0 radical (unpaired) electrons. The number of piperidine rings is 1. The number of rotatable bonds is 11. The van der Waals surface area contributed by atoms with Crippen LogP contribution in [0.5, 0.6) is 0 Å². The van der Waals surface area contributed by atoms with Crippen molar-refractivity contribution in [1.82, 2.24) is 19.8 Å². The molecule has 2 N–H and O–H groups in total. The zero-order valence-electron chi connectivity index (χ0n) is 18.5. The summed E-state index contributed by atoms with van der Waals surface area (Å²) in [6.45, 7) is 12.5. The fourth-order valence-electron chi connectivity index (χ4n) is 3.45. The van der Waals surface area contributed by atoms with Crippen LogP contribution < -0.4 is 10.6 Å². The molecule has 1 aromatic heterocycles. The van der Waals surface area contributed by atoms with Crippen LogP contribution >= 0.6 is 35.3 Å². The maximum absolute atomic E-state index is 12.6. The zero-order chi connectivity index (χ0) is 21.1. The van der Waals surface area contributed by atoms with E-state index in [0.717, 1.165) is 43.4 Å². The van der Waals surface area contributed by atoms with Crippen molar-refractivity contribution >= 4 is 51.3 Å². The Balaban J connectivity index is 0.00000450. The molecule has 0 aromatic carbocycles. The number of nitrogens with zero attached hydrogens (tertiary/aromatic N) is 3. The van der Waals surface area contributed by atoms with Gasteiger partial charge in [0.15, 0.2) is 5.96 Å². The van der Waals surface area contributed by atoms with Crippen molar-refractivity contribution in [3.63, 3.8) is 0 Å². The van der Waals surface area contributed by atoms with Gasteiger partial charge in [0.05, 0.1) is 6.54 Å². The van der Waals surface area contributed by atoms with Crippen molar-refractivity contribution in [2.75, 3.05) is 52.4 Å². The fraction of sp³-hybridized carbons (Fsp3) is 0.750. The van der Waals surface area contributed by atoms with Gasteiger partial charge in [-0.15, -0.1) is 35.3 Å². The number of sulfonamides is 1. The number of halogens is 1. The van der Waals surface area contributed by atoms with Crippen molar-refractivity contribution in [1.29, 1.82) is 0 Å². The predicted molar refractivity (Wildman–Crippen MR) is 138 cm³/mol. The lowest BCUT2D eigenvalue weighted by atomic mass is 10.1. The Morgan fingerprint density at radius 1 is 1.13 bits per heavy atom. The average Bonchev–Trinajstić information content (AvgIpc) is 3.19. The lowest BCUT2D eigenvalue weighted by Gasteiger charge is -2.25. The van der Waals surface area contributed by atoms with E-state index >= 15 is 0 Å². The SMILES string of the molecule is CCNC(=NCCN1CCCCC1)NCCc1ccc(S(=O)(=O)N(CC)CC)s1.I. The van der Waals surface area contributed by atoms with Gasteiger partial charge in [-0.25, -0.2) is 8.42 Å². The average molecular weight is 572 g/mol. The van der Waals surface area contributed by atoms with Gasteiger partial charge in [0.1, 0.15) is 4.21 Å². The van der Waals surface area contributed by atoms with Crippen LogP contribution in [0.4, 0.5) is 0 Å². The molecular weight excluding hydrogens is 533 g/mol. The molecule has 1 fully saturated rings.